The van der Waals surface area contributed by atoms with Crippen molar-refractivity contribution in [1.82, 2.24) is 10.2 Å². The molecule has 1 heterocycles. The van der Waals surface area contributed by atoms with Gasteiger partial charge in [-0.15, -0.1) is 0 Å². The quantitative estimate of drug-likeness (QED) is 0.848. The molecule has 0 aliphatic carbocycles. The summed E-state index contributed by atoms with van der Waals surface area (Å²) in [5, 5.41) is 5.62. The van der Waals surface area contributed by atoms with Crippen LogP contribution < -0.4 is 5.32 Å². The summed E-state index contributed by atoms with van der Waals surface area (Å²) in [4.78, 5) is 6.82. The summed E-state index contributed by atoms with van der Waals surface area (Å²) in [5.74, 6) is 1.02. The second kappa shape index (κ2) is 7.29. The van der Waals surface area contributed by atoms with Crippen LogP contribution in [0.5, 0.6) is 0 Å². The van der Waals surface area contributed by atoms with Crippen LogP contribution in [0.25, 0.3) is 0 Å². The van der Waals surface area contributed by atoms with E-state index in [4.69, 9.17) is 28.8 Å². The van der Waals surface area contributed by atoms with Gasteiger partial charge in [0.05, 0.1) is 5.69 Å². The molecule has 108 valence electrons. The average Bonchev–Trinajstić information content (AvgIpc) is 2.82. The minimum atomic E-state index is 0.407. The van der Waals surface area contributed by atoms with E-state index in [2.05, 4.69) is 17.1 Å². The van der Waals surface area contributed by atoms with E-state index in [1.807, 2.05) is 31.2 Å². The number of nitrogens with one attached hydrogen (secondary N) is 1. The minimum absolute atomic E-state index is 0.407. The van der Waals surface area contributed by atoms with Crippen molar-refractivity contribution in [2.75, 3.05) is 12.3 Å². The van der Waals surface area contributed by atoms with Gasteiger partial charge in [0.2, 0.25) is 0 Å². The third-order valence-electron chi connectivity index (χ3n) is 3.03. The molecule has 1 aromatic carbocycles. The van der Waals surface area contributed by atoms with Crippen molar-refractivity contribution in [2.24, 2.45) is 4.99 Å². The van der Waals surface area contributed by atoms with E-state index in [0.717, 1.165) is 34.7 Å². The topological polar surface area (TPSA) is 27.6 Å². The summed E-state index contributed by atoms with van der Waals surface area (Å²) in [6.45, 7) is 5.04. The molecule has 1 saturated heterocycles. The van der Waals surface area contributed by atoms with Crippen LogP contribution >= 0.6 is 35.6 Å². The van der Waals surface area contributed by atoms with Crippen molar-refractivity contribution in [1.29, 1.82) is 0 Å². The predicted molar refractivity (Wildman–Crippen MR) is 93.2 cm³/mol. The first kappa shape index (κ1) is 15.6. The van der Waals surface area contributed by atoms with Gasteiger partial charge in [-0.2, -0.15) is 0 Å². The van der Waals surface area contributed by atoms with Gasteiger partial charge < -0.3 is 5.32 Å². The number of amidine groups is 1. The lowest BCUT2D eigenvalue weighted by atomic mass is 10.2. The molecule has 0 bridgehead atoms. The molecule has 1 atom stereocenters. The second-order valence-electron chi connectivity index (χ2n) is 4.45. The number of hydrogen-bond donors (Lipinski definition) is 1. The number of hydrogen-bond acceptors (Lipinski definition) is 3. The predicted octanol–water partition coefficient (Wildman–Crippen LogP) is 4.05. The van der Waals surface area contributed by atoms with Crippen LogP contribution in [-0.2, 0) is 0 Å². The molecule has 20 heavy (non-hydrogen) atoms. The van der Waals surface area contributed by atoms with E-state index in [9.17, 15) is 0 Å². The Hall–Kier alpha value is -0.780. The number of aliphatic imine (C=N–C) groups is 1. The number of nitrogens with zero attached hydrogens (tertiary/aromatic N) is 2. The fourth-order valence-electron chi connectivity index (χ4n) is 2.00. The number of halogens is 1. The molecule has 0 aromatic heterocycles. The number of rotatable bonds is 3. The number of benzene rings is 1. The van der Waals surface area contributed by atoms with Crippen LogP contribution in [0.2, 0.25) is 5.02 Å². The molecule has 1 N–H and O–H groups in total. The summed E-state index contributed by atoms with van der Waals surface area (Å²) in [6.07, 6.45) is 1.05. The van der Waals surface area contributed by atoms with Crippen molar-refractivity contribution >= 4 is 51.5 Å². The molecule has 0 saturated carbocycles. The molecule has 6 heteroatoms. The van der Waals surface area contributed by atoms with Crippen LogP contribution in [0.3, 0.4) is 0 Å². The molecule has 1 fully saturated rings. The van der Waals surface area contributed by atoms with Gasteiger partial charge in [-0.05, 0) is 43.8 Å². The fourth-order valence-corrected chi connectivity index (χ4v) is 3.90. The lowest BCUT2D eigenvalue weighted by Gasteiger charge is -2.25. The Bertz CT molecular complexity index is 519. The van der Waals surface area contributed by atoms with E-state index in [-0.39, 0.29) is 0 Å². The van der Waals surface area contributed by atoms with Gasteiger partial charge in [-0.3, -0.25) is 4.90 Å². The van der Waals surface area contributed by atoms with Crippen LogP contribution in [0, 0.1) is 0 Å². The smallest absolute Gasteiger partial charge is 0.175 e. The third-order valence-corrected chi connectivity index (χ3v) is 4.70. The largest absolute Gasteiger partial charge is 0.363 e. The van der Waals surface area contributed by atoms with E-state index in [1.165, 1.54) is 0 Å². The standard InChI is InChI=1S/C14H18ClN3S2/c1-3-12-9-20-14(18(12)13(19)16-4-2)17-11-7-5-6-10(15)8-11/h5-8,12H,3-4,9H2,1-2H3,(H,16,19). The molecule has 0 spiro atoms. The maximum Gasteiger partial charge on any atom is 0.175 e. The molecule has 0 radical (unpaired) electrons. The van der Waals surface area contributed by atoms with Crippen molar-refractivity contribution < 1.29 is 0 Å². The molecular weight excluding hydrogens is 310 g/mol. The highest BCUT2D eigenvalue weighted by Gasteiger charge is 2.31. The highest BCUT2D eigenvalue weighted by Crippen LogP contribution is 2.29. The Labute approximate surface area is 134 Å². The number of thioether (sulfide) groups is 1. The molecule has 3 nitrogen and oxygen atoms in total. The summed E-state index contributed by atoms with van der Waals surface area (Å²) < 4.78 is 0. The van der Waals surface area contributed by atoms with Crippen molar-refractivity contribution in [2.45, 2.75) is 26.3 Å². The Morgan fingerprint density at radius 2 is 2.35 bits per heavy atom. The third kappa shape index (κ3) is 3.65. The summed E-state index contributed by atoms with van der Waals surface area (Å²) in [6, 6.07) is 7.98. The Morgan fingerprint density at radius 1 is 1.55 bits per heavy atom. The van der Waals surface area contributed by atoms with Crippen LogP contribution in [0.1, 0.15) is 20.3 Å². The van der Waals surface area contributed by atoms with E-state index in [0.29, 0.717) is 11.1 Å². The number of thiocarbonyl (C=S) groups is 1. The highest BCUT2D eigenvalue weighted by molar-refractivity contribution is 8.14. The summed E-state index contributed by atoms with van der Waals surface area (Å²) >= 11 is 13.2. The molecule has 1 aliphatic heterocycles. The zero-order valence-corrected chi connectivity index (χ0v) is 14.0. The van der Waals surface area contributed by atoms with E-state index >= 15 is 0 Å². The first-order valence-corrected chi connectivity index (χ1v) is 8.47. The Morgan fingerprint density at radius 3 is 3.00 bits per heavy atom. The molecule has 0 amide bonds. The SMILES string of the molecule is CCNC(=S)N1C(=Nc2cccc(Cl)c2)SCC1CC. The normalized spacial score (nSPS) is 20.4. The first-order valence-electron chi connectivity index (χ1n) is 6.69. The molecule has 1 aromatic rings. The lowest BCUT2D eigenvalue weighted by Crippen LogP contribution is -2.45. The fraction of sp³-hybridized carbons (Fsp3) is 0.429. The highest BCUT2D eigenvalue weighted by atomic mass is 35.5. The van der Waals surface area contributed by atoms with Crippen LogP contribution in [0.4, 0.5) is 5.69 Å². The van der Waals surface area contributed by atoms with Gasteiger partial charge in [-0.1, -0.05) is 36.4 Å². The molecule has 2 rings (SSSR count). The maximum atomic E-state index is 6.01. The van der Waals surface area contributed by atoms with Crippen molar-refractivity contribution in [3.05, 3.63) is 29.3 Å². The van der Waals surface area contributed by atoms with Gasteiger partial charge in [0.15, 0.2) is 10.3 Å². The van der Waals surface area contributed by atoms with Crippen molar-refractivity contribution in [3.8, 4) is 0 Å². The summed E-state index contributed by atoms with van der Waals surface area (Å²) in [5.41, 5.74) is 0.862. The zero-order valence-electron chi connectivity index (χ0n) is 11.6. The van der Waals surface area contributed by atoms with Gasteiger partial charge >= 0.3 is 0 Å². The average molecular weight is 328 g/mol. The van der Waals surface area contributed by atoms with Gasteiger partial charge in [-0.25, -0.2) is 4.99 Å². The molecule has 1 aliphatic rings. The Balaban J connectivity index is 2.27. The zero-order chi connectivity index (χ0) is 14.5. The molecule has 1 unspecified atom stereocenters. The van der Waals surface area contributed by atoms with E-state index < -0.39 is 0 Å². The molecular formula is C14H18ClN3S2. The van der Waals surface area contributed by atoms with E-state index in [1.54, 1.807) is 11.8 Å². The van der Waals surface area contributed by atoms with Gasteiger partial charge in [0.1, 0.15) is 0 Å². The summed E-state index contributed by atoms with van der Waals surface area (Å²) in [7, 11) is 0. The van der Waals surface area contributed by atoms with Gasteiger partial charge in [0, 0.05) is 23.4 Å². The monoisotopic (exact) mass is 327 g/mol. The van der Waals surface area contributed by atoms with Crippen molar-refractivity contribution in [3.63, 3.8) is 0 Å². The van der Waals surface area contributed by atoms with Crippen LogP contribution in [-0.4, -0.2) is 33.5 Å². The Kier molecular flexibility index (Phi) is 5.69. The maximum absolute atomic E-state index is 6.01. The van der Waals surface area contributed by atoms with Crippen LogP contribution in [0.15, 0.2) is 29.3 Å². The first-order chi connectivity index (χ1) is 9.65. The second-order valence-corrected chi connectivity index (χ2v) is 6.26. The van der Waals surface area contributed by atoms with Gasteiger partial charge in [0.25, 0.3) is 0 Å². The lowest BCUT2D eigenvalue weighted by molar-refractivity contribution is 0.471. The minimum Gasteiger partial charge on any atom is -0.363 e.